The second-order valence-electron chi connectivity index (χ2n) is 7.85. The van der Waals surface area contributed by atoms with Gasteiger partial charge in [-0.1, -0.05) is 43.7 Å². The summed E-state index contributed by atoms with van der Waals surface area (Å²) in [4.78, 5) is 41.7. The molecule has 1 aliphatic heterocycles. The first-order chi connectivity index (χ1) is 15.9. The number of imide groups is 1. The largest absolute Gasteiger partial charge is 0.478 e. The number of benzene rings is 2. The number of hydrogen-bond acceptors (Lipinski definition) is 4. The van der Waals surface area contributed by atoms with Gasteiger partial charge in [-0.3, -0.25) is 4.79 Å². The van der Waals surface area contributed by atoms with Gasteiger partial charge in [0.1, 0.15) is 5.82 Å². The van der Waals surface area contributed by atoms with Gasteiger partial charge in [0, 0.05) is 18.5 Å². The molecule has 33 heavy (non-hydrogen) atoms. The van der Waals surface area contributed by atoms with Crippen LogP contribution in [-0.2, 0) is 17.8 Å². The van der Waals surface area contributed by atoms with Gasteiger partial charge in [0.05, 0.1) is 28.7 Å². The third-order valence-electron chi connectivity index (χ3n) is 5.65. The van der Waals surface area contributed by atoms with E-state index in [1.54, 1.807) is 60.8 Å². The predicted octanol–water partition coefficient (Wildman–Crippen LogP) is 3.94. The Bertz CT molecular complexity index is 1260. The van der Waals surface area contributed by atoms with E-state index >= 15 is 0 Å². The molecule has 0 atom stereocenters. The van der Waals surface area contributed by atoms with Crippen molar-refractivity contribution in [2.45, 2.75) is 32.7 Å². The Morgan fingerprint density at radius 3 is 2.52 bits per heavy atom. The van der Waals surface area contributed by atoms with Crippen molar-refractivity contribution < 1.29 is 19.5 Å². The van der Waals surface area contributed by atoms with Crippen molar-refractivity contribution in [1.82, 2.24) is 9.55 Å². The van der Waals surface area contributed by atoms with E-state index in [0.29, 0.717) is 29.1 Å². The van der Waals surface area contributed by atoms with Gasteiger partial charge in [0.15, 0.2) is 0 Å². The smallest absolute Gasteiger partial charge is 0.335 e. The van der Waals surface area contributed by atoms with Crippen LogP contribution in [0.1, 0.15) is 52.8 Å². The average Bonchev–Trinajstić information content (AvgIpc) is 3.30. The maximum Gasteiger partial charge on any atom is 0.335 e. The molecule has 2 aromatic carbocycles. The minimum atomic E-state index is -0.976. The molecule has 3 aromatic rings. The van der Waals surface area contributed by atoms with Crippen LogP contribution in [-0.4, -0.2) is 32.6 Å². The lowest BCUT2D eigenvalue weighted by Gasteiger charge is -2.12. The first-order valence-corrected chi connectivity index (χ1v) is 10.7. The number of carboxylic acids is 1. The number of para-hydroxylation sites is 1. The number of aromatic carboxylic acids is 1. The van der Waals surface area contributed by atoms with E-state index in [-0.39, 0.29) is 5.56 Å². The summed E-state index contributed by atoms with van der Waals surface area (Å²) in [7, 11) is 0. The number of primary amides is 1. The first-order valence-electron chi connectivity index (χ1n) is 10.7. The SMILES string of the molecule is CCCCc1ncc(C=C2C(=O)N(C(N)=O)c3ccccc32)n1Cc1ccc(C(=O)O)cc1. The average molecular weight is 444 g/mol. The molecule has 0 saturated carbocycles. The number of aromatic nitrogens is 2. The third kappa shape index (κ3) is 4.27. The van der Waals surface area contributed by atoms with Gasteiger partial charge in [-0.15, -0.1) is 0 Å². The molecule has 8 nitrogen and oxygen atoms in total. The molecular weight excluding hydrogens is 420 g/mol. The number of aryl methyl sites for hydroxylation is 1. The number of carbonyl (C=O) groups excluding carboxylic acids is 2. The van der Waals surface area contributed by atoms with Crippen molar-refractivity contribution in [3.05, 3.63) is 82.9 Å². The van der Waals surface area contributed by atoms with Crippen LogP contribution >= 0.6 is 0 Å². The van der Waals surface area contributed by atoms with Crippen molar-refractivity contribution in [3.8, 4) is 0 Å². The van der Waals surface area contributed by atoms with Crippen LogP contribution in [0.15, 0.2) is 54.7 Å². The van der Waals surface area contributed by atoms with Gasteiger partial charge in [-0.2, -0.15) is 0 Å². The zero-order valence-electron chi connectivity index (χ0n) is 18.2. The lowest BCUT2D eigenvalue weighted by atomic mass is 10.1. The van der Waals surface area contributed by atoms with Gasteiger partial charge in [-0.05, 0) is 36.3 Å². The quantitative estimate of drug-likeness (QED) is 0.535. The number of carbonyl (C=O) groups is 3. The van der Waals surface area contributed by atoms with Crippen LogP contribution in [0.2, 0.25) is 0 Å². The number of nitrogens with two attached hydrogens (primary N) is 1. The zero-order valence-corrected chi connectivity index (χ0v) is 18.2. The highest BCUT2D eigenvalue weighted by molar-refractivity contribution is 6.41. The second kappa shape index (κ2) is 9.12. The molecule has 0 aliphatic carbocycles. The van der Waals surface area contributed by atoms with E-state index in [4.69, 9.17) is 10.8 Å². The number of anilines is 1. The lowest BCUT2D eigenvalue weighted by Crippen LogP contribution is -2.37. The minimum absolute atomic E-state index is 0.220. The molecule has 0 fully saturated rings. The Morgan fingerprint density at radius 2 is 1.85 bits per heavy atom. The van der Waals surface area contributed by atoms with Gasteiger partial charge >= 0.3 is 12.0 Å². The molecule has 0 bridgehead atoms. The van der Waals surface area contributed by atoms with Crippen LogP contribution in [0.25, 0.3) is 11.6 Å². The molecule has 0 radical (unpaired) electrons. The third-order valence-corrected chi connectivity index (χ3v) is 5.65. The fraction of sp³-hybridized carbons (Fsp3) is 0.200. The van der Waals surface area contributed by atoms with Crippen LogP contribution in [0.4, 0.5) is 10.5 Å². The monoisotopic (exact) mass is 444 g/mol. The Balaban J connectivity index is 1.76. The molecule has 0 unspecified atom stereocenters. The number of rotatable bonds is 7. The van der Waals surface area contributed by atoms with Gasteiger partial charge in [0.2, 0.25) is 0 Å². The summed E-state index contributed by atoms with van der Waals surface area (Å²) in [6.45, 7) is 2.57. The highest BCUT2D eigenvalue weighted by Gasteiger charge is 2.35. The molecule has 1 aromatic heterocycles. The van der Waals surface area contributed by atoms with E-state index in [2.05, 4.69) is 11.9 Å². The molecule has 1 aliphatic rings. The number of nitrogens with zero attached hydrogens (tertiary/aromatic N) is 3. The fourth-order valence-electron chi connectivity index (χ4n) is 3.94. The summed E-state index contributed by atoms with van der Waals surface area (Å²) in [5.74, 6) is -0.579. The van der Waals surface area contributed by atoms with Crippen molar-refractivity contribution in [3.63, 3.8) is 0 Å². The number of fused-ring (bicyclic) bond motifs is 1. The van der Waals surface area contributed by atoms with E-state index in [9.17, 15) is 14.4 Å². The van der Waals surface area contributed by atoms with Gasteiger partial charge in [-0.25, -0.2) is 19.5 Å². The van der Waals surface area contributed by atoms with E-state index in [1.807, 2.05) is 4.57 Å². The number of urea groups is 1. The molecular formula is C25H24N4O4. The Hall–Kier alpha value is -4.20. The molecule has 3 amide bonds. The number of amides is 3. The van der Waals surface area contributed by atoms with Crippen molar-refractivity contribution in [1.29, 1.82) is 0 Å². The standard InChI is InChI=1S/C25H24N4O4/c1-2-3-8-22-27-14-18(28(22)15-16-9-11-17(12-10-16)24(31)32)13-20-19-6-4-5-7-21(19)29(23(20)30)25(26)33/h4-7,9-14H,2-3,8,15H2,1H3,(H2,26,33)(H,31,32). The number of unbranched alkanes of at least 4 members (excludes halogenated alkanes) is 1. The maximum atomic E-state index is 13.0. The highest BCUT2D eigenvalue weighted by atomic mass is 16.4. The topological polar surface area (TPSA) is 119 Å². The summed E-state index contributed by atoms with van der Waals surface area (Å²) in [6, 6.07) is 12.9. The Kier molecular flexibility index (Phi) is 6.08. The van der Waals surface area contributed by atoms with E-state index in [1.165, 1.54) is 0 Å². The summed E-state index contributed by atoms with van der Waals surface area (Å²) < 4.78 is 2.02. The van der Waals surface area contributed by atoms with Crippen LogP contribution in [0.3, 0.4) is 0 Å². The molecule has 8 heteroatoms. The summed E-state index contributed by atoms with van der Waals surface area (Å²) in [6.07, 6.45) is 6.19. The molecule has 168 valence electrons. The Labute approximate surface area is 191 Å². The number of carboxylic acid groups (broad SMARTS) is 1. The maximum absolute atomic E-state index is 13.0. The van der Waals surface area contributed by atoms with Gasteiger partial charge in [0.25, 0.3) is 5.91 Å². The predicted molar refractivity (Wildman–Crippen MR) is 125 cm³/mol. The van der Waals surface area contributed by atoms with Crippen molar-refractivity contribution >= 4 is 35.2 Å². The summed E-state index contributed by atoms with van der Waals surface area (Å²) in [5.41, 5.74) is 8.77. The Morgan fingerprint density at radius 1 is 1.12 bits per heavy atom. The molecule has 0 spiro atoms. The van der Waals surface area contributed by atoms with Crippen LogP contribution in [0, 0.1) is 0 Å². The van der Waals surface area contributed by atoms with E-state index in [0.717, 1.165) is 35.6 Å². The molecule has 0 saturated heterocycles. The highest BCUT2D eigenvalue weighted by Crippen LogP contribution is 2.37. The van der Waals surface area contributed by atoms with E-state index < -0.39 is 17.9 Å². The van der Waals surface area contributed by atoms with Crippen LogP contribution in [0.5, 0.6) is 0 Å². The molecule has 2 heterocycles. The van der Waals surface area contributed by atoms with Crippen molar-refractivity contribution in [2.75, 3.05) is 4.90 Å². The number of hydrogen-bond donors (Lipinski definition) is 2. The second-order valence-corrected chi connectivity index (χ2v) is 7.85. The minimum Gasteiger partial charge on any atom is -0.478 e. The zero-order chi connectivity index (χ0) is 23.5. The fourth-order valence-corrected chi connectivity index (χ4v) is 3.94. The molecule has 3 N–H and O–H groups in total. The summed E-state index contributed by atoms with van der Waals surface area (Å²) >= 11 is 0. The van der Waals surface area contributed by atoms with Crippen LogP contribution < -0.4 is 10.6 Å². The number of imidazole rings is 1. The van der Waals surface area contributed by atoms with Crippen molar-refractivity contribution in [2.24, 2.45) is 5.73 Å². The summed E-state index contributed by atoms with van der Waals surface area (Å²) in [5, 5.41) is 9.15. The normalized spacial score (nSPS) is 14.0. The first kappa shape index (κ1) is 22.0. The lowest BCUT2D eigenvalue weighted by molar-refractivity contribution is -0.112. The molecule has 4 rings (SSSR count). The van der Waals surface area contributed by atoms with Gasteiger partial charge < -0.3 is 15.4 Å².